The second kappa shape index (κ2) is 7.02. The second-order valence-corrected chi connectivity index (χ2v) is 6.15. The zero-order chi connectivity index (χ0) is 18.8. The van der Waals surface area contributed by atoms with Gasteiger partial charge in [-0.25, -0.2) is 14.4 Å². The lowest BCUT2D eigenvalue weighted by atomic mass is 10.1. The molecule has 0 N–H and O–H groups in total. The minimum absolute atomic E-state index is 0.276. The Morgan fingerprint density at radius 1 is 0.963 bits per heavy atom. The van der Waals surface area contributed by atoms with E-state index in [4.69, 9.17) is 21.6 Å². The fourth-order valence-corrected chi connectivity index (χ4v) is 3.00. The fourth-order valence-electron chi connectivity index (χ4n) is 2.78. The van der Waals surface area contributed by atoms with E-state index in [0.29, 0.717) is 38.7 Å². The predicted octanol–water partition coefficient (Wildman–Crippen LogP) is 5.75. The summed E-state index contributed by atoms with van der Waals surface area (Å²) in [6, 6.07) is 18.5. The molecule has 1 heterocycles. The minimum atomic E-state index is -0.437. The summed E-state index contributed by atoms with van der Waals surface area (Å²) in [5.74, 6) is 0.477. The first-order chi connectivity index (χ1) is 13.2. The van der Waals surface area contributed by atoms with Crippen molar-refractivity contribution in [1.29, 1.82) is 5.26 Å². The van der Waals surface area contributed by atoms with Crippen LogP contribution < -0.4 is 4.74 Å². The smallest absolute Gasteiger partial charge is 0.132 e. The number of halogens is 2. The van der Waals surface area contributed by atoms with Crippen LogP contribution in [-0.4, -0.2) is 9.97 Å². The van der Waals surface area contributed by atoms with Crippen LogP contribution >= 0.6 is 11.6 Å². The van der Waals surface area contributed by atoms with Gasteiger partial charge in [0.05, 0.1) is 27.9 Å². The van der Waals surface area contributed by atoms with E-state index in [0.717, 1.165) is 0 Å². The zero-order valence-electron chi connectivity index (χ0n) is 13.9. The number of fused-ring (bicyclic) bond motifs is 1. The van der Waals surface area contributed by atoms with Gasteiger partial charge >= 0.3 is 0 Å². The molecular weight excluding hydrogens is 365 g/mol. The molecule has 27 heavy (non-hydrogen) atoms. The van der Waals surface area contributed by atoms with Crippen molar-refractivity contribution < 1.29 is 9.13 Å². The van der Waals surface area contributed by atoms with Gasteiger partial charge in [0.25, 0.3) is 0 Å². The molecule has 0 saturated heterocycles. The molecule has 0 spiro atoms. The highest BCUT2D eigenvalue weighted by molar-refractivity contribution is 6.35. The average Bonchev–Trinajstić information content (AvgIpc) is 2.70. The Bertz CT molecular complexity index is 1200. The Kier molecular flexibility index (Phi) is 4.41. The number of ether oxygens (including phenoxy) is 1. The molecule has 0 radical (unpaired) electrons. The van der Waals surface area contributed by atoms with Crippen LogP contribution in [0.1, 0.15) is 5.56 Å². The zero-order valence-corrected chi connectivity index (χ0v) is 14.6. The summed E-state index contributed by atoms with van der Waals surface area (Å²) in [7, 11) is 0. The lowest BCUT2D eigenvalue weighted by Gasteiger charge is -2.10. The maximum absolute atomic E-state index is 14.5. The topological polar surface area (TPSA) is 58.8 Å². The van der Waals surface area contributed by atoms with Crippen LogP contribution in [0.25, 0.3) is 22.2 Å². The quantitative estimate of drug-likeness (QED) is 0.457. The molecule has 0 aliphatic carbocycles. The summed E-state index contributed by atoms with van der Waals surface area (Å²) >= 11 is 6.19. The molecular formula is C21H11ClFN3O. The second-order valence-electron chi connectivity index (χ2n) is 5.74. The SMILES string of the molecule is N#Cc1cccc(Oc2ccc(F)c(-c3ncnc4c(Cl)cccc34)c2)c1. The predicted molar refractivity (Wildman–Crippen MR) is 101 cm³/mol. The molecule has 0 saturated carbocycles. The van der Waals surface area contributed by atoms with Crippen LogP contribution in [-0.2, 0) is 0 Å². The summed E-state index contributed by atoms with van der Waals surface area (Å²) in [6.45, 7) is 0. The molecule has 6 heteroatoms. The van der Waals surface area contributed by atoms with Crippen molar-refractivity contribution in [3.63, 3.8) is 0 Å². The Balaban J connectivity index is 1.80. The molecule has 0 bridgehead atoms. The van der Waals surface area contributed by atoms with Crippen LogP contribution in [0.15, 0.2) is 67.0 Å². The number of nitrogens with zero attached hydrogens (tertiary/aromatic N) is 3. The molecule has 0 aliphatic heterocycles. The maximum Gasteiger partial charge on any atom is 0.132 e. The van der Waals surface area contributed by atoms with Gasteiger partial charge in [0.1, 0.15) is 23.6 Å². The van der Waals surface area contributed by atoms with Crippen LogP contribution in [0.3, 0.4) is 0 Å². The number of para-hydroxylation sites is 1. The molecule has 0 atom stereocenters. The van der Waals surface area contributed by atoms with E-state index in [9.17, 15) is 4.39 Å². The van der Waals surface area contributed by atoms with E-state index in [-0.39, 0.29) is 5.56 Å². The molecule has 130 valence electrons. The van der Waals surface area contributed by atoms with Crippen molar-refractivity contribution in [2.24, 2.45) is 0 Å². The number of aromatic nitrogens is 2. The Morgan fingerprint density at radius 2 is 1.78 bits per heavy atom. The fraction of sp³-hybridized carbons (Fsp3) is 0. The molecule has 1 aromatic heterocycles. The normalized spacial score (nSPS) is 10.6. The van der Waals surface area contributed by atoms with E-state index in [2.05, 4.69) is 16.0 Å². The third-order valence-corrected chi connectivity index (χ3v) is 4.31. The summed E-state index contributed by atoms with van der Waals surface area (Å²) in [5.41, 5.74) is 1.73. The van der Waals surface area contributed by atoms with Gasteiger partial charge in [0.15, 0.2) is 0 Å². The van der Waals surface area contributed by atoms with Crippen LogP contribution in [0.5, 0.6) is 11.5 Å². The van der Waals surface area contributed by atoms with Gasteiger partial charge < -0.3 is 4.74 Å². The van der Waals surface area contributed by atoms with Gasteiger partial charge in [-0.15, -0.1) is 0 Å². The summed E-state index contributed by atoms with van der Waals surface area (Å²) in [6.07, 6.45) is 1.35. The average molecular weight is 376 g/mol. The third-order valence-electron chi connectivity index (χ3n) is 4.01. The first kappa shape index (κ1) is 17.0. The van der Waals surface area contributed by atoms with Crippen molar-refractivity contribution in [2.45, 2.75) is 0 Å². The van der Waals surface area contributed by atoms with Gasteiger partial charge in [0, 0.05) is 10.9 Å². The Morgan fingerprint density at radius 3 is 2.63 bits per heavy atom. The number of benzene rings is 3. The van der Waals surface area contributed by atoms with E-state index in [1.165, 1.54) is 18.5 Å². The largest absolute Gasteiger partial charge is 0.457 e. The van der Waals surface area contributed by atoms with Crippen molar-refractivity contribution in [3.8, 4) is 28.8 Å². The number of rotatable bonds is 3. The number of hydrogen-bond donors (Lipinski definition) is 0. The summed E-state index contributed by atoms with van der Waals surface area (Å²) in [4.78, 5) is 8.42. The van der Waals surface area contributed by atoms with E-state index in [1.807, 2.05) is 0 Å². The van der Waals surface area contributed by atoms with Gasteiger partial charge in [-0.05, 0) is 42.5 Å². The van der Waals surface area contributed by atoms with Gasteiger partial charge in [-0.1, -0.05) is 29.8 Å². The number of hydrogen-bond acceptors (Lipinski definition) is 4. The first-order valence-corrected chi connectivity index (χ1v) is 8.40. The minimum Gasteiger partial charge on any atom is -0.457 e. The lowest BCUT2D eigenvalue weighted by Crippen LogP contribution is -1.94. The van der Waals surface area contributed by atoms with Crippen LogP contribution in [0.4, 0.5) is 4.39 Å². The maximum atomic E-state index is 14.5. The molecule has 0 fully saturated rings. The molecule has 0 amide bonds. The van der Waals surface area contributed by atoms with Crippen molar-refractivity contribution >= 4 is 22.5 Å². The summed E-state index contributed by atoms with van der Waals surface area (Å²) in [5, 5.41) is 10.1. The van der Waals surface area contributed by atoms with Crippen molar-refractivity contribution in [1.82, 2.24) is 9.97 Å². The third kappa shape index (κ3) is 3.31. The van der Waals surface area contributed by atoms with E-state index < -0.39 is 5.82 Å². The molecule has 0 unspecified atom stereocenters. The van der Waals surface area contributed by atoms with Crippen LogP contribution in [0, 0.1) is 17.1 Å². The van der Waals surface area contributed by atoms with Crippen molar-refractivity contribution in [2.75, 3.05) is 0 Å². The highest BCUT2D eigenvalue weighted by Gasteiger charge is 2.14. The van der Waals surface area contributed by atoms with Crippen molar-refractivity contribution in [3.05, 3.63) is 83.4 Å². The Hall–Kier alpha value is -3.49. The molecule has 3 aromatic carbocycles. The van der Waals surface area contributed by atoms with Gasteiger partial charge in [-0.3, -0.25) is 0 Å². The molecule has 4 aromatic rings. The molecule has 4 nitrogen and oxygen atoms in total. The number of nitriles is 1. The van der Waals surface area contributed by atoms with Crippen LogP contribution in [0.2, 0.25) is 5.02 Å². The van der Waals surface area contributed by atoms with Gasteiger partial charge in [0.2, 0.25) is 0 Å². The summed E-state index contributed by atoms with van der Waals surface area (Å²) < 4.78 is 20.3. The lowest BCUT2D eigenvalue weighted by molar-refractivity contribution is 0.481. The van der Waals surface area contributed by atoms with Gasteiger partial charge in [-0.2, -0.15) is 5.26 Å². The highest BCUT2D eigenvalue weighted by Crippen LogP contribution is 2.33. The monoisotopic (exact) mass is 375 g/mol. The van der Waals surface area contributed by atoms with E-state index in [1.54, 1.807) is 48.5 Å². The van der Waals surface area contributed by atoms with E-state index >= 15 is 0 Å². The Labute approximate surface area is 159 Å². The highest BCUT2D eigenvalue weighted by atomic mass is 35.5. The molecule has 4 rings (SSSR count). The standard InChI is InChI=1S/C21H11ClFN3O/c22-18-6-2-5-16-20(25-12-26-21(16)18)17-10-15(7-8-19(17)23)27-14-4-1-3-13(9-14)11-24/h1-10,12H. The molecule has 0 aliphatic rings. The first-order valence-electron chi connectivity index (χ1n) is 8.03.